The van der Waals surface area contributed by atoms with Gasteiger partial charge >= 0.3 is 0 Å². The second-order valence-electron chi connectivity index (χ2n) is 5.89. The van der Waals surface area contributed by atoms with Crippen LogP contribution in [0.4, 0.5) is 11.4 Å². The lowest BCUT2D eigenvalue weighted by Crippen LogP contribution is -2.15. The molecule has 138 valence electrons. The van der Waals surface area contributed by atoms with Crippen LogP contribution in [-0.4, -0.2) is 24.5 Å². The molecular formula is C21H20ClN3O2. The maximum absolute atomic E-state index is 12.5. The van der Waals surface area contributed by atoms with E-state index in [0.29, 0.717) is 17.1 Å². The summed E-state index contributed by atoms with van der Waals surface area (Å²) in [5.74, 6) is 0.305. The molecule has 0 aliphatic rings. The fourth-order valence-electron chi connectivity index (χ4n) is 2.64. The molecule has 0 radical (unpaired) electrons. The van der Waals surface area contributed by atoms with Gasteiger partial charge in [-0.3, -0.25) is 9.78 Å². The number of carbonyl (C=O) groups excluding carboxylic acids is 1. The van der Waals surface area contributed by atoms with Crippen molar-refractivity contribution < 1.29 is 9.53 Å². The molecule has 5 nitrogen and oxygen atoms in total. The van der Waals surface area contributed by atoms with Gasteiger partial charge in [0.15, 0.2) is 0 Å². The van der Waals surface area contributed by atoms with Gasteiger partial charge in [-0.2, -0.15) is 0 Å². The van der Waals surface area contributed by atoms with Crippen molar-refractivity contribution in [2.24, 2.45) is 0 Å². The molecule has 0 saturated heterocycles. The van der Waals surface area contributed by atoms with Gasteiger partial charge in [-0.25, -0.2) is 0 Å². The van der Waals surface area contributed by atoms with Crippen molar-refractivity contribution in [1.82, 2.24) is 4.98 Å². The van der Waals surface area contributed by atoms with E-state index in [1.54, 1.807) is 31.5 Å². The number of hydrogen-bond acceptors (Lipinski definition) is 4. The number of amides is 1. The van der Waals surface area contributed by atoms with Crippen LogP contribution < -0.4 is 15.4 Å². The van der Waals surface area contributed by atoms with Crippen molar-refractivity contribution in [1.29, 1.82) is 0 Å². The minimum atomic E-state index is -0.294. The largest absolute Gasteiger partial charge is 0.495 e. The molecule has 1 heterocycles. The van der Waals surface area contributed by atoms with E-state index in [4.69, 9.17) is 16.3 Å². The summed E-state index contributed by atoms with van der Waals surface area (Å²) in [5, 5.41) is 6.86. The number of carbonyl (C=O) groups is 1. The summed E-state index contributed by atoms with van der Waals surface area (Å²) in [6.07, 6.45) is 2.44. The number of methoxy groups -OCH3 is 1. The number of halogens is 1. The van der Waals surface area contributed by atoms with Crippen LogP contribution in [0.5, 0.6) is 5.75 Å². The first-order chi connectivity index (χ1) is 13.2. The van der Waals surface area contributed by atoms with Crippen LogP contribution in [0.1, 0.15) is 16.1 Å². The van der Waals surface area contributed by atoms with Gasteiger partial charge in [0, 0.05) is 23.5 Å². The van der Waals surface area contributed by atoms with Crippen LogP contribution >= 0.6 is 11.6 Å². The topological polar surface area (TPSA) is 63.2 Å². The molecule has 1 amide bonds. The number of nitrogens with zero attached hydrogens (tertiary/aromatic N) is 1. The predicted octanol–water partition coefficient (Wildman–Crippen LogP) is 4.65. The van der Waals surface area contributed by atoms with E-state index in [2.05, 4.69) is 15.6 Å². The lowest BCUT2D eigenvalue weighted by molar-refractivity contribution is 0.102. The Bertz CT molecular complexity index is 931. The van der Waals surface area contributed by atoms with E-state index in [-0.39, 0.29) is 5.91 Å². The highest BCUT2D eigenvalue weighted by Gasteiger charge is 2.11. The number of anilines is 2. The molecule has 0 spiro atoms. The SMILES string of the molecule is COc1ccccc1NC(=O)c1cc(NCCc2cccc(Cl)c2)ccn1. The van der Waals surface area contributed by atoms with Crippen LogP contribution in [-0.2, 0) is 6.42 Å². The molecule has 3 aromatic rings. The average Bonchev–Trinajstić information content (AvgIpc) is 2.69. The van der Waals surface area contributed by atoms with Crippen LogP contribution in [0, 0.1) is 0 Å². The zero-order valence-corrected chi connectivity index (χ0v) is 15.7. The molecule has 0 aliphatic carbocycles. The second kappa shape index (κ2) is 9.05. The van der Waals surface area contributed by atoms with E-state index < -0.39 is 0 Å². The number of ether oxygens (including phenoxy) is 1. The first-order valence-electron chi connectivity index (χ1n) is 8.54. The number of pyridine rings is 1. The summed E-state index contributed by atoms with van der Waals surface area (Å²) < 4.78 is 5.25. The lowest BCUT2D eigenvalue weighted by Gasteiger charge is -2.11. The molecule has 0 aliphatic heterocycles. The van der Waals surface area contributed by atoms with Gasteiger partial charge in [0.1, 0.15) is 11.4 Å². The minimum Gasteiger partial charge on any atom is -0.495 e. The van der Waals surface area contributed by atoms with Crippen molar-refractivity contribution in [2.45, 2.75) is 6.42 Å². The predicted molar refractivity (Wildman–Crippen MR) is 109 cm³/mol. The summed E-state index contributed by atoms with van der Waals surface area (Å²) in [5.41, 5.74) is 2.91. The Kier molecular flexibility index (Phi) is 6.28. The molecule has 0 unspecified atom stereocenters. The van der Waals surface area contributed by atoms with Gasteiger partial charge in [0.25, 0.3) is 5.91 Å². The number of rotatable bonds is 7. The zero-order chi connectivity index (χ0) is 19.1. The summed E-state index contributed by atoms with van der Waals surface area (Å²) >= 11 is 6.00. The first kappa shape index (κ1) is 18.7. The van der Waals surface area contributed by atoms with Gasteiger partial charge in [-0.1, -0.05) is 35.9 Å². The van der Waals surface area contributed by atoms with E-state index in [0.717, 1.165) is 29.2 Å². The van der Waals surface area contributed by atoms with E-state index in [9.17, 15) is 4.79 Å². The molecular weight excluding hydrogens is 362 g/mol. The Morgan fingerprint density at radius 3 is 2.78 bits per heavy atom. The van der Waals surface area contributed by atoms with E-state index >= 15 is 0 Å². The summed E-state index contributed by atoms with van der Waals surface area (Å²) in [6.45, 7) is 0.720. The van der Waals surface area contributed by atoms with Crippen molar-refractivity contribution in [3.63, 3.8) is 0 Å². The third kappa shape index (κ3) is 5.21. The molecule has 3 rings (SSSR count). The molecule has 0 atom stereocenters. The molecule has 27 heavy (non-hydrogen) atoms. The highest BCUT2D eigenvalue weighted by atomic mass is 35.5. The zero-order valence-electron chi connectivity index (χ0n) is 14.9. The maximum atomic E-state index is 12.5. The van der Waals surface area contributed by atoms with Gasteiger partial charge in [-0.05, 0) is 48.4 Å². The fourth-order valence-corrected chi connectivity index (χ4v) is 2.86. The molecule has 1 aromatic heterocycles. The fraction of sp³-hybridized carbons (Fsp3) is 0.143. The minimum absolute atomic E-state index is 0.294. The van der Waals surface area contributed by atoms with Crippen LogP contribution in [0.3, 0.4) is 0 Å². The van der Waals surface area contributed by atoms with Crippen molar-refractivity contribution in [3.8, 4) is 5.75 Å². The number of para-hydroxylation sites is 2. The number of aromatic nitrogens is 1. The Hall–Kier alpha value is -3.05. The van der Waals surface area contributed by atoms with Crippen LogP contribution in [0.2, 0.25) is 5.02 Å². The highest BCUT2D eigenvalue weighted by Crippen LogP contribution is 2.23. The molecule has 6 heteroatoms. The number of benzene rings is 2. The molecule has 0 bridgehead atoms. The summed E-state index contributed by atoms with van der Waals surface area (Å²) in [6, 6.07) is 18.6. The highest BCUT2D eigenvalue weighted by molar-refractivity contribution is 6.30. The van der Waals surface area contributed by atoms with Crippen LogP contribution in [0.25, 0.3) is 0 Å². The van der Waals surface area contributed by atoms with Crippen molar-refractivity contribution in [2.75, 3.05) is 24.3 Å². The third-order valence-corrected chi connectivity index (χ3v) is 4.21. The van der Waals surface area contributed by atoms with E-state index in [1.807, 2.05) is 42.5 Å². The monoisotopic (exact) mass is 381 g/mol. The van der Waals surface area contributed by atoms with Gasteiger partial charge < -0.3 is 15.4 Å². The normalized spacial score (nSPS) is 10.3. The molecule has 2 aromatic carbocycles. The smallest absolute Gasteiger partial charge is 0.274 e. The Balaban J connectivity index is 1.61. The lowest BCUT2D eigenvalue weighted by atomic mass is 10.1. The maximum Gasteiger partial charge on any atom is 0.274 e. The van der Waals surface area contributed by atoms with Crippen molar-refractivity contribution in [3.05, 3.63) is 83.1 Å². The molecule has 0 fully saturated rings. The number of nitrogens with one attached hydrogen (secondary N) is 2. The first-order valence-corrected chi connectivity index (χ1v) is 8.92. The third-order valence-electron chi connectivity index (χ3n) is 3.98. The quantitative estimate of drug-likeness (QED) is 0.625. The van der Waals surface area contributed by atoms with E-state index in [1.165, 1.54) is 0 Å². The van der Waals surface area contributed by atoms with Gasteiger partial charge in [-0.15, -0.1) is 0 Å². The average molecular weight is 382 g/mol. The number of hydrogen-bond donors (Lipinski definition) is 2. The standard InChI is InChI=1S/C21H20ClN3O2/c1-27-20-8-3-2-7-18(20)25-21(26)19-14-17(10-12-24-19)23-11-9-15-5-4-6-16(22)13-15/h2-8,10,12-14H,9,11H2,1H3,(H,23,24)(H,25,26). The molecule has 0 saturated carbocycles. The summed E-state index contributed by atoms with van der Waals surface area (Å²) in [4.78, 5) is 16.7. The van der Waals surface area contributed by atoms with Crippen LogP contribution in [0.15, 0.2) is 66.9 Å². The molecule has 2 N–H and O–H groups in total. The van der Waals surface area contributed by atoms with Crippen molar-refractivity contribution >= 4 is 28.9 Å². The Morgan fingerprint density at radius 1 is 1.11 bits per heavy atom. The Labute approximate surface area is 163 Å². The second-order valence-corrected chi connectivity index (χ2v) is 6.33. The Morgan fingerprint density at radius 2 is 1.96 bits per heavy atom. The van der Waals surface area contributed by atoms with Gasteiger partial charge in [0.2, 0.25) is 0 Å². The summed E-state index contributed by atoms with van der Waals surface area (Å²) in [7, 11) is 1.56. The van der Waals surface area contributed by atoms with Gasteiger partial charge in [0.05, 0.1) is 12.8 Å².